The second kappa shape index (κ2) is 6.79. The number of rotatable bonds is 3. The Balaban J connectivity index is 2.20. The second-order valence-electron chi connectivity index (χ2n) is 5.42. The number of nitrogens with zero attached hydrogens (tertiary/aromatic N) is 1. The first kappa shape index (κ1) is 17.3. The molecule has 2 aromatic rings. The number of hydrogen-bond acceptors (Lipinski definition) is 6. The zero-order valence-electron chi connectivity index (χ0n) is 13.6. The third-order valence-corrected chi connectivity index (χ3v) is 5.30. The molecule has 7 heteroatoms. The van der Waals surface area contributed by atoms with Gasteiger partial charge in [0.1, 0.15) is 17.2 Å². The Morgan fingerprint density at radius 3 is 2.72 bits per heavy atom. The van der Waals surface area contributed by atoms with E-state index in [1.165, 1.54) is 11.3 Å². The van der Waals surface area contributed by atoms with E-state index in [1.807, 2.05) is 19.1 Å². The van der Waals surface area contributed by atoms with Gasteiger partial charge in [0.25, 0.3) is 0 Å². The minimum atomic E-state index is -0.458. The number of thiophene rings is 1. The van der Waals surface area contributed by atoms with Crippen molar-refractivity contribution in [3.63, 3.8) is 0 Å². The number of carbonyl (C=O) groups excluding carboxylic acids is 1. The SMILES string of the molecule is CCOC(=O)c1c(C)sc2c1OC(N)=C(C#N)C2c1ccc(Cl)cc1. The minimum absolute atomic E-state index is 0.00158. The summed E-state index contributed by atoms with van der Waals surface area (Å²) in [5.74, 6) is -0.492. The van der Waals surface area contributed by atoms with Crippen LogP contribution in [0, 0.1) is 18.3 Å². The van der Waals surface area contributed by atoms with Crippen LogP contribution in [0.4, 0.5) is 0 Å². The Hall–Kier alpha value is -2.49. The second-order valence-corrected chi connectivity index (χ2v) is 7.12. The van der Waals surface area contributed by atoms with Crippen LogP contribution >= 0.6 is 22.9 Å². The monoisotopic (exact) mass is 374 g/mol. The maximum atomic E-state index is 12.3. The quantitative estimate of drug-likeness (QED) is 0.817. The van der Waals surface area contributed by atoms with Crippen LogP contribution in [0.3, 0.4) is 0 Å². The number of carbonyl (C=O) groups is 1. The predicted octanol–water partition coefficient (Wildman–Crippen LogP) is 4.10. The van der Waals surface area contributed by atoms with Gasteiger partial charge in [-0.15, -0.1) is 11.3 Å². The number of benzene rings is 1. The topological polar surface area (TPSA) is 85.3 Å². The molecule has 0 saturated heterocycles. The maximum Gasteiger partial charge on any atom is 0.343 e. The van der Waals surface area contributed by atoms with Crippen LogP contribution in [0.25, 0.3) is 0 Å². The fourth-order valence-electron chi connectivity index (χ4n) is 2.81. The van der Waals surface area contributed by atoms with Gasteiger partial charge < -0.3 is 15.2 Å². The van der Waals surface area contributed by atoms with Gasteiger partial charge in [-0.25, -0.2) is 4.79 Å². The van der Waals surface area contributed by atoms with Crippen molar-refractivity contribution in [2.75, 3.05) is 6.61 Å². The molecule has 0 saturated carbocycles. The number of fused-ring (bicyclic) bond motifs is 1. The highest BCUT2D eigenvalue weighted by atomic mass is 35.5. The van der Waals surface area contributed by atoms with E-state index in [-0.39, 0.29) is 12.5 Å². The summed E-state index contributed by atoms with van der Waals surface area (Å²) in [7, 11) is 0. The number of esters is 1. The molecule has 25 heavy (non-hydrogen) atoms. The summed E-state index contributed by atoms with van der Waals surface area (Å²) in [4.78, 5) is 13.8. The van der Waals surface area contributed by atoms with E-state index in [0.29, 0.717) is 21.9 Å². The Bertz CT molecular complexity index is 910. The molecule has 0 radical (unpaired) electrons. The Labute approximate surface area is 154 Å². The molecule has 5 nitrogen and oxygen atoms in total. The molecular formula is C18H15ClN2O3S. The number of nitriles is 1. The predicted molar refractivity (Wildman–Crippen MR) is 95.8 cm³/mol. The highest BCUT2D eigenvalue weighted by molar-refractivity contribution is 7.12. The zero-order valence-corrected chi connectivity index (χ0v) is 15.2. The number of halogens is 1. The molecule has 0 bridgehead atoms. The third-order valence-electron chi connectivity index (χ3n) is 3.90. The summed E-state index contributed by atoms with van der Waals surface area (Å²) < 4.78 is 10.8. The van der Waals surface area contributed by atoms with E-state index < -0.39 is 11.9 Å². The molecule has 2 N–H and O–H groups in total. The average Bonchev–Trinajstić information content (AvgIpc) is 2.90. The molecule has 0 fully saturated rings. The third kappa shape index (κ3) is 2.97. The molecular weight excluding hydrogens is 360 g/mol. The lowest BCUT2D eigenvalue weighted by Gasteiger charge is -2.24. The van der Waals surface area contributed by atoms with E-state index in [0.717, 1.165) is 15.3 Å². The summed E-state index contributed by atoms with van der Waals surface area (Å²) in [6.07, 6.45) is 0. The molecule has 0 amide bonds. The average molecular weight is 375 g/mol. The number of nitrogens with two attached hydrogens (primary N) is 1. The van der Waals surface area contributed by atoms with Crippen LogP contribution < -0.4 is 10.5 Å². The molecule has 0 aliphatic carbocycles. The van der Waals surface area contributed by atoms with Gasteiger partial charge in [0, 0.05) is 9.90 Å². The summed E-state index contributed by atoms with van der Waals surface area (Å²) in [6.45, 7) is 3.82. The van der Waals surface area contributed by atoms with Gasteiger partial charge >= 0.3 is 5.97 Å². The van der Waals surface area contributed by atoms with Gasteiger partial charge in [-0.2, -0.15) is 5.26 Å². The van der Waals surface area contributed by atoms with Crippen LogP contribution in [0.2, 0.25) is 5.02 Å². The van der Waals surface area contributed by atoms with E-state index >= 15 is 0 Å². The Morgan fingerprint density at radius 2 is 2.12 bits per heavy atom. The zero-order chi connectivity index (χ0) is 18.1. The summed E-state index contributed by atoms with van der Waals surface area (Å²) in [5.41, 5.74) is 7.50. The van der Waals surface area contributed by atoms with Gasteiger partial charge in [-0.05, 0) is 31.5 Å². The highest BCUT2D eigenvalue weighted by Gasteiger charge is 2.37. The molecule has 0 spiro atoms. The van der Waals surface area contributed by atoms with E-state index in [1.54, 1.807) is 19.1 Å². The fraction of sp³-hybridized carbons (Fsp3) is 0.222. The molecule has 1 atom stereocenters. The van der Waals surface area contributed by atoms with Crippen LogP contribution in [-0.4, -0.2) is 12.6 Å². The fourth-order valence-corrected chi connectivity index (χ4v) is 4.15. The minimum Gasteiger partial charge on any atom is -0.462 e. The number of hydrogen-bond donors (Lipinski definition) is 1. The van der Waals surface area contributed by atoms with Crippen molar-refractivity contribution in [1.29, 1.82) is 5.26 Å². The molecule has 1 aliphatic heterocycles. The van der Waals surface area contributed by atoms with Crippen molar-refractivity contribution < 1.29 is 14.3 Å². The lowest BCUT2D eigenvalue weighted by atomic mass is 9.88. The Morgan fingerprint density at radius 1 is 1.44 bits per heavy atom. The van der Waals surface area contributed by atoms with Gasteiger partial charge in [-0.1, -0.05) is 23.7 Å². The van der Waals surface area contributed by atoms with Crippen LogP contribution in [0.5, 0.6) is 5.75 Å². The number of aryl methyl sites for hydroxylation is 1. The lowest BCUT2D eigenvalue weighted by Crippen LogP contribution is -2.21. The Kier molecular flexibility index (Phi) is 4.71. The normalized spacial score (nSPS) is 16.0. The van der Waals surface area contributed by atoms with Crippen LogP contribution in [-0.2, 0) is 4.74 Å². The largest absolute Gasteiger partial charge is 0.462 e. The first-order valence-corrected chi connectivity index (χ1v) is 8.80. The van der Waals surface area contributed by atoms with E-state index in [4.69, 9.17) is 26.8 Å². The van der Waals surface area contributed by atoms with Crippen molar-refractivity contribution in [2.24, 2.45) is 5.73 Å². The van der Waals surface area contributed by atoms with Crippen molar-refractivity contribution in [1.82, 2.24) is 0 Å². The number of allylic oxidation sites excluding steroid dienone is 1. The molecule has 1 aromatic carbocycles. The first-order valence-electron chi connectivity index (χ1n) is 7.61. The summed E-state index contributed by atoms with van der Waals surface area (Å²) >= 11 is 7.37. The standard InChI is InChI=1S/C18H15ClN2O3S/c1-3-23-18(22)13-9(2)25-16-14(10-4-6-11(19)7-5-10)12(8-20)17(21)24-15(13)16/h4-7,14H,3,21H2,1-2H3. The van der Waals surface area contributed by atoms with Gasteiger partial charge in [0.15, 0.2) is 5.75 Å². The number of ether oxygens (including phenoxy) is 2. The molecule has 1 unspecified atom stereocenters. The van der Waals surface area contributed by atoms with E-state index in [2.05, 4.69) is 6.07 Å². The summed E-state index contributed by atoms with van der Waals surface area (Å²) in [5, 5.41) is 10.2. The summed E-state index contributed by atoms with van der Waals surface area (Å²) in [6, 6.07) is 9.31. The first-order chi connectivity index (χ1) is 12.0. The van der Waals surface area contributed by atoms with Crippen LogP contribution in [0.15, 0.2) is 35.7 Å². The van der Waals surface area contributed by atoms with Crippen molar-refractivity contribution >= 4 is 28.9 Å². The molecule has 128 valence electrons. The van der Waals surface area contributed by atoms with Gasteiger partial charge in [-0.3, -0.25) is 0 Å². The van der Waals surface area contributed by atoms with Crippen molar-refractivity contribution in [2.45, 2.75) is 19.8 Å². The maximum absolute atomic E-state index is 12.3. The molecule has 3 rings (SSSR count). The van der Waals surface area contributed by atoms with Gasteiger partial charge in [0.2, 0.25) is 5.88 Å². The smallest absolute Gasteiger partial charge is 0.343 e. The molecule has 1 aliphatic rings. The lowest BCUT2D eigenvalue weighted by molar-refractivity contribution is 0.0522. The van der Waals surface area contributed by atoms with E-state index in [9.17, 15) is 10.1 Å². The van der Waals surface area contributed by atoms with Gasteiger partial charge in [0.05, 0.1) is 17.4 Å². The van der Waals surface area contributed by atoms with Crippen LogP contribution in [0.1, 0.15) is 38.5 Å². The van der Waals surface area contributed by atoms with Crippen molar-refractivity contribution in [3.8, 4) is 11.8 Å². The highest BCUT2D eigenvalue weighted by Crippen LogP contribution is 2.49. The molecule has 2 heterocycles. The van der Waals surface area contributed by atoms with Crippen molar-refractivity contribution in [3.05, 3.63) is 61.6 Å². The molecule has 1 aromatic heterocycles.